The fraction of sp³-hybridized carbons (Fsp3) is 0.333. The fourth-order valence-electron chi connectivity index (χ4n) is 3.58. The normalized spacial score (nSPS) is 18.0. The number of hydrogen-bond acceptors (Lipinski definition) is 1. The summed E-state index contributed by atoms with van der Waals surface area (Å²) in [6.45, 7) is 0. The van der Waals surface area contributed by atoms with Crippen molar-refractivity contribution in [1.82, 2.24) is 5.32 Å². The molecule has 0 bridgehead atoms. The van der Waals surface area contributed by atoms with E-state index in [1.165, 1.54) is 17.7 Å². The van der Waals surface area contributed by atoms with E-state index in [2.05, 4.69) is 17.4 Å². The van der Waals surface area contributed by atoms with Crippen LogP contribution in [0.5, 0.6) is 0 Å². The lowest BCUT2D eigenvalue weighted by atomic mass is 9.59. The highest BCUT2D eigenvalue weighted by Gasteiger charge is 2.45. The number of nitrogens with one attached hydrogen (secondary N) is 1. The zero-order valence-corrected chi connectivity index (χ0v) is 12.1. The lowest BCUT2D eigenvalue weighted by molar-refractivity contribution is 0.175. The first-order valence-electron chi connectivity index (χ1n) is 7.34. The van der Waals surface area contributed by atoms with Crippen LogP contribution in [-0.2, 0) is 5.41 Å². The zero-order valence-electron chi connectivity index (χ0n) is 12.1. The maximum absolute atomic E-state index is 13.6. The molecule has 1 unspecified atom stereocenters. The van der Waals surface area contributed by atoms with Gasteiger partial charge >= 0.3 is 0 Å². The minimum Gasteiger partial charge on any atom is -0.312 e. The molecule has 0 radical (unpaired) electrons. The number of halogens is 2. The summed E-state index contributed by atoms with van der Waals surface area (Å²) in [7, 11) is 1.86. The van der Waals surface area contributed by atoms with Crippen LogP contribution in [0.1, 0.15) is 36.4 Å². The second-order valence-corrected chi connectivity index (χ2v) is 5.80. The van der Waals surface area contributed by atoms with E-state index in [4.69, 9.17) is 0 Å². The van der Waals surface area contributed by atoms with Crippen LogP contribution < -0.4 is 5.32 Å². The molecule has 1 atom stereocenters. The average molecular weight is 287 g/mol. The summed E-state index contributed by atoms with van der Waals surface area (Å²) in [5, 5.41) is 3.28. The Morgan fingerprint density at radius 2 is 1.62 bits per heavy atom. The molecule has 1 nitrogen and oxygen atoms in total. The van der Waals surface area contributed by atoms with Gasteiger partial charge in [-0.15, -0.1) is 0 Å². The summed E-state index contributed by atoms with van der Waals surface area (Å²) >= 11 is 0. The molecule has 3 heteroatoms. The summed E-state index contributed by atoms with van der Waals surface area (Å²) in [5.41, 5.74) is 1.84. The van der Waals surface area contributed by atoms with Crippen molar-refractivity contribution >= 4 is 0 Å². The van der Waals surface area contributed by atoms with Crippen LogP contribution >= 0.6 is 0 Å². The van der Waals surface area contributed by atoms with E-state index < -0.39 is 11.6 Å². The van der Waals surface area contributed by atoms with E-state index in [-0.39, 0.29) is 11.5 Å². The van der Waals surface area contributed by atoms with E-state index in [1.807, 2.05) is 25.2 Å². The van der Waals surface area contributed by atoms with Crippen LogP contribution in [0.2, 0.25) is 0 Å². The van der Waals surface area contributed by atoms with Crippen molar-refractivity contribution in [1.29, 1.82) is 0 Å². The summed E-state index contributed by atoms with van der Waals surface area (Å²) in [4.78, 5) is 0. The van der Waals surface area contributed by atoms with Gasteiger partial charge in [0.25, 0.3) is 0 Å². The standard InChI is InChI=1S/C18H19F2N/c1-21-17(13-10-15(19)12-16(20)11-13)18(8-5-9-18)14-6-3-2-4-7-14/h2-4,6-7,10-12,17,21H,5,8-9H2,1H3. The molecule has 0 aromatic heterocycles. The Morgan fingerprint density at radius 1 is 1.00 bits per heavy atom. The van der Waals surface area contributed by atoms with Gasteiger partial charge in [0.15, 0.2) is 0 Å². The van der Waals surface area contributed by atoms with Gasteiger partial charge < -0.3 is 5.32 Å². The summed E-state index contributed by atoms with van der Waals surface area (Å²) in [6.07, 6.45) is 3.20. The van der Waals surface area contributed by atoms with Gasteiger partial charge in [-0.05, 0) is 43.1 Å². The third kappa shape index (κ3) is 2.46. The third-order valence-corrected chi connectivity index (χ3v) is 4.65. The Kier molecular flexibility index (Phi) is 3.77. The van der Waals surface area contributed by atoms with Gasteiger partial charge in [-0.1, -0.05) is 36.8 Å². The maximum Gasteiger partial charge on any atom is 0.126 e. The van der Waals surface area contributed by atoms with Gasteiger partial charge in [0.1, 0.15) is 11.6 Å². The first-order valence-corrected chi connectivity index (χ1v) is 7.34. The lowest BCUT2D eigenvalue weighted by Gasteiger charge is -2.48. The topological polar surface area (TPSA) is 12.0 Å². The van der Waals surface area contributed by atoms with Crippen LogP contribution in [0.15, 0.2) is 48.5 Å². The van der Waals surface area contributed by atoms with Crippen LogP contribution in [0.4, 0.5) is 8.78 Å². The largest absolute Gasteiger partial charge is 0.312 e. The summed E-state index contributed by atoms with van der Waals surface area (Å²) < 4.78 is 27.1. The van der Waals surface area contributed by atoms with Crippen LogP contribution in [-0.4, -0.2) is 7.05 Å². The quantitative estimate of drug-likeness (QED) is 0.881. The Hall–Kier alpha value is -1.74. The molecule has 0 heterocycles. The zero-order chi connectivity index (χ0) is 14.9. The number of hydrogen-bond donors (Lipinski definition) is 1. The predicted molar refractivity (Wildman–Crippen MR) is 80.1 cm³/mol. The molecule has 0 saturated heterocycles. The van der Waals surface area contributed by atoms with E-state index in [0.29, 0.717) is 5.56 Å². The predicted octanol–water partition coefficient (Wildman–Crippen LogP) is 4.35. The van der Waals surface area contributed by atoms with Gasteiger partial charge in [0.05, 0.1) is 0 Å². The van der Waals surface area contributed by atoms with E-state index in [9.17, 15) is 8.78 Å². The maximum atomic E-state index is 13.6. The molecule has 0 amide bonds. The van der Waals surface area contributed by atoms with Crippen molar-refractivity contribution < 1.29 is 8.78 Å². The van der Waals surface area contributed by atoms with Gasteiger partial charge in [-0.3, -0.25) is 0 Å². The lowest BCUT2D eigenvalue weighted by Crippen LogP contribution is -2.45. The van der Waals surface area contributed by atoms with E-state index in [1.54, 1.807) is 0 Å². The van der Waals surface area contributed by atoms with E-state index >= 15 is 0 Å². The van der Waals surface area contributed by atoms with Crippen molar-refractivity contribution in [2.75, 3.05) is 7.05 Å². The second-order valence-electron chi connectivity index (χ2n) is 5.80. The van der Waals surface area contributed by atoms with Gasteiger partial charge in [0.2, 0.25) is 0 Å². The van der Waals surface area contributed by atoms with Crippen LogP contribution in [0, 0.1) is 11.6 Å². The molecular formula is C18H19F2N. The smallest absolute Gasteiger partial charge is 0.126 e. The molecule has 0 spiro atoms. The number of rotatable bonds is 4. The minimum absolute atomic E-state index is 0.0732. The molecule has 21 heavy (non-hydrogen) atoms. The minimum atomic E-state index is -0.521. The highest BCUT2D eigenvalue weighted by Crippen LogP contribution is 2.52. The highest BCUT2D eigenvalue weighted by molar-refractivity contribution is 5.36. The molecule has 0 aliphatic heterocycles. The molecule has 1 N–H and O–H groups in total. The number of benzene rings is 2. The van der Waals surface area contributed by atoms with Crippen molar-refractivity contribution in [2.24, 2.45) is 0 Å². The van der Waals surface area contributed by atoms with Gasteiger partial charge in [0, 0.05) is 17.5 Å². The first kappa shape index (κ1) is 14.2. The molecule has 1 saturated carbocycles. The first-order chi connectivity index (χ1) is 10.2. The van der Waals surface area contributed by atoms with Gasteiger partial charge in [-0.2, -0.15) is 0 Å². The SMILES string of the molecule is CNC(c1cc(F)cc(F)c1)C1(c2ccccc2)CCC1. The van der Waals surface area contributed by atoms with Crippen molar-refractivity contribution in [3.63, 3.8) is 0 Å². The Morgan fingerprint density at radius 3 is 2.10 bits per heavy atom. The third-order valence-electron chi connectivity index (χ3n) is 4.65. The van der Waals surface area contributed by atoms with E-state index in [0.717, 1.165) is 25.3 Å². The molecule has 1 fully saturated rings. The fourth-order valence-corrected chi connectivity index (χ4v) is 3.58. The monoisotopic (exact) mass is 287 g/mol. The molecular weight excluding hydrogens is 268 g/mol. The van der Waals surface area contributed by atoms with Crippen molar-refractivity contribution in [3.8, 4) is 0 Å². The Bertz CT molecular complexity index is 600. The average Bonchev–Trinajstić information content (AvgIpc) is 2.42. The molecule has 3 rings (SSSR count). The molecule has 110 valence electrons. The van der Waals surface area contributed by atoms with Gasteiger partial charge in [-0.25, -0.2) is 8.78 Å². The molecule has 1 aliphatic rings. The van der Waals surface area contributed by atoms with Crippen LogP contribution in [0.25, 0.3) is 0 Å². The summed E-state index contributed by atoms with van der Waals surface area (Å²) in [6, 6.07) is 14.0. The Balaban J connectivity index is 2.05. The molecule has 1 aliphatic carbocycles. The second kappa shape index (κ2) is 5.57. The van der Waals surface area contributed by atoms with Crippen molar-refractivity contribution in [3.05, 3.63) is 71.3 Å². The highest BCUT2D eigenvalue weighted by atomic mass is 19.1. The summed E-state index contributed by atoms with van der Waals surface area (Å²) in [5.74, 6) is -1.04. The van der Waals surface area contributed by atoms with Crippen LogP contribution in [0.3, 0.4) is 0 Å². The van der Waals surface area contributed by atoms with Crippen molar-refractivity contribution in [2.45, 2.75) is 30.7 Å². The number of likely N-dealkylation sites (N-methyl/N-ethyl adjacent to an activating group) is 1. The molecule has 2 aromatic carbocycles. The molecule has 2 aromatic rings. The Labute approximate surface area is 124 Å².